The summed E-state index contributed by atoms with van der Waals surface area (Å²) in [5.41, 5.74) is 9.84. The summed E-state index contributed by atoms with van der Waals surface area (Å²) < 4.78 is 5.68. The van der Waals surface area contributed by atoms with Gasteiger partial charge in [0.05, 0.1) is 6.61 Å². The van der Waals surface area contributed by atoms with Crippen molar-refractivity contribution in [3.05, 3.63) is 59.2 Å². The van der Waals surface area contributed by atoms with E-state index in [0.29, 0.717) is 26.0 Å². The molecule has 2 aromatic carbocycles. The Morgan fingerprint density at radius 2 is 1.83 bits per heavy atom. The fourth-order valence-corrected chi connectivity index (χ4v) is 2.17. The van der Waals surface area contributed by atoms with Crippen LogP contribution in [0.15, 0.2) is 42.5 Å². The Morgan fingerprint density at radius 1 is 1.09 bits per heavy atom. The first-order chi connectivity index (χ1) is 11.1. The average Bonchev–Trinajstić information content (AvgIpc) is 2.55. The highest BCUT2D eigenvalue weighted by molar-refractivity contribution is 5.90. The van der Waals surface area contributed by atoms with Crippen molar-refractivity contribution < 1.29 is 9.53 Å². The molecule has 0 unspecified atom stereocenters. The molecular formula is C19H24N2O2. The summed E-state index contributed by atoms with van der Waals surface area (Å²) >= 11 is 0. The summed E-state index contributed by atoms with van der Waals surface area (Å²) in [7, 11) is 0. The van der Waals surface area contributed by atoms with Gasteiger partial charge in [-0.3, -0.25) is 4.79 Å². The first-order valence-corrected chi connectivity index (χ1v) is 7.87. The maximum atomic E-state index is 11.9. The SMILES string of the molecule is Cc1ccc(OCCCC(=O)Nc2ccc(CN)cc2)cc1C. The minimum absolute atomic E-state index is 0.00538. The number of hydrogen-bond acceptors (Lipinski definition) is 3. The van der Waals surface area contributed by atoms with Crippen LogP contribution in [0.25, 0.3) is 0 Å². The lowest BCUT2D eigenvalue weighted by molar-refractivity contribution is -0.116. The van der Waals surface area contributed by atoms with Gasteiger partial charge in [-0.1, -0.05) is 18.2 Å². The summed E-state index contributed by atoms with van der Waals surface area (Å²) in [5, 5.41) is 2.87. The number of anilines is 1. The van der Waals surface area contributed by atoms with Gasteiger partial charge in [0.2, 0.25) is 5.91 Å². The largest absolute Gasteiger partial charge is 0.494 e. The van der Waals surface area contributed by atoms with E-state index in [0.717, 1.165) is 17.0 Å². The topological polar surface area (TPSA) is 64.3 Å². The minimum Gasteiger partial charge on any atom is -0.494 e. The standard InChI is InChI=1S/C19H24N2O2/c1-14-5-10-18(12-15(14)2)23-11-3-4-19(22)21-17-8-6-16(13-20)7-9-17/h5-10,12H,3-4,11,13,20H2,1-2H3,(H,21,22). The lowest BCUT2D eigenvalue weighted by atomic mass is 10.1. The first kappa shape index (κ1) is 17.0. The molecule has 0 bridgehead atoms. The van der Waals surface area contributed by atoms with E-state index >= 15 is 0 Å². The minimum atomic E-state index is -0.00538. The van der Waals surface area contributed by atoms with Crippen LogP contribution in [0.2, 0.25) is 0 Å². The fourth-order valence-electron chi connectivity index (χ4n) is 2.17. The Morgan fingerprint density at radius 3 is 2.48 bits per heavy atom. The van der Waals surface area contributed by atoms with Gasteiger partial charge in [-0.2, -0.15) is 0 Å². The van der Waals surface area contributed by atoms with Crippen LogP contribution in [0.5, 0.6) is 5.75 Å². The molecule has 2 aromatic rings. The predicted molar refractivity (Wildman–Crippen MR) is 93.6 cm³/mol. The molecular weight excluding hydrogens is 288 g/mol. The van der Waals surface area contributed by atoms with Crippen molar-refractivity contribution in [1.82, 2.24) is 0 Å². The molecule has 0 spiro atoms. The Kier molecular flexibility index (Phi) is 6.18. The molecule has 0 aliphatic rings. The van der Waals surface area contributed by atoms with Gasteiger partial charge in [0.1, 0.15) is 5.75 Å². The Bertz CT molecular complexity index is 651. The highest BCUT2D eigenvalue weighted by Crippen LogP contribution is 2.16. The highest BCUT2D eigenvalue weighted by atomic mass is 16.5. The van der Waals surface area contributed by atoms with E-state index in [1.165, 1.54) is 11.1 Å². The molecule has 0 aliphatic carbocycles. The van der Waals surface area contributed by atoms with Crippen LogP contribution in [0, 0.1) is 13.8 Å². The van der Waals surface area contributed by atoms with Crippen molar-refractivity contribution >= 4 is 11.6 Å². The Hall–Kier alpha value is -2.33. The number of benzene rings is 2. The number of aryl methyl sites for hydroxylation is 2. The van der Waals surface area contributed by atoms with Crippen LogP contribution in [0.4, 0.5) is 5.69 Å². The van der Waals surface area contributed by atoms with Gasteiger partial charge < -0.3 is 15.8 Å². The van der Waals surface area contributed by atoms with Gasteiger partial charge in [0.25, 0.3) is 0 Å². The van der Waals surface area contributed by atoms with E-state index in [1.54, 1.807) is 0 Å². The molecule has 0 saturated heterocycles. The van der Waals surface area contributed by atoms with Crippen LogP contribution >= 0.6 is 0 Å². The zero-order valence-corrected chi connectivity index (χ0v) is 13.8. The third kappa shape index (κ3) is 5.42. The summed E-state index contributed by atoms with van der Waals surface area (Å²) in [6, 6.07) is 13.6. The normalized spacial score (nSPS) is 10.4. The van der Waals surface area contributed by atoms with Crippen molar-refractivity contribution in [3.8, 4) is 5.75 Å². The number of nitrogens with two attached hydrogens (primary N) is 1. The lowest BCUT2D eigenvalue weighted by Crippen LogP contribution is -2.13. The predicted octanol–water partition coefficient (Wildman–Crippen LogP) is 3.56. The second kappa shape index (κ2) is 8.34. The molecule has 122 valence electrons. The summed E-state index contributed by atoms with van der Waals surface area (Å²) in [4.78, 5) is 11.9. The molecule has 0 fully saturated rings. The van der Waals surface area contributed by atoms with Crippen LogP contribution in [0.1, 0.15) is 29.5 Å². The van der Waals surface area contributed by atoms with Crippen LogP contribution in [-0.4, -0.2) is 12.5 Å². The molecule has 0 radical (unpaired) electrons. The van der Waals surface area contributed by atoms with Crippen molar-refractivity contribution in [3.63, 3.8) is 0 Å². The molecule has 4 heteroatoms. The van der Waals surface area contributed by atoms with Crippen molar-refractivity contribution in [2.45, 2.75) is 33.2 Å². The van der Waals surface area contributed by atoms with Crippen molar-refractivity contribution in [2.24, 2.45) is 5.73 Å². The molecule has 0 aliphatic heterocycles. The van der Waals surface area contributed by atoms with E-state index < -0.39 is 0 Å². The number of rotatable bonds is 7. The lowest BCUT2D eigenvalue weighted by Gasteiger charge is -2.09. The Labute approximate surface area is 137 Å². The summed E-state index contributed by atoms with van der Waals surface area (Å²) in [5.74, 6) is 0.847. The van der Waals surface area contributed by atoms with Gasteiger partial charge >= 0.3 is 0 Å². The van der Waals surface area contributed by atoms with Crippen LogP contribution in [0.3, 0.4) is 0 Å². The Balaban J connectivity index is 1.70. The quantitative estimate of drug-likeness (QED) is 0.768. The number of nitrogens with one attached hydrogen (secondary N) is 1. The van der Waals surface area contributed by atoms with E-state index in [-0.39, 0.29) is 5.91 Å². The third-order valence-corrected chi connectivity index (χ3v) is 3.77. The number of carbonyl (C=O) groups excluding carboxylic acids is 1. The van der Waals surface area contributed by atoms with Gasteiger partial charge in [0, 0.05) is 18.7 Å². The fraction of sp³-hybridized carbons (Fsp3) is 0.316. The number of hydrogen-bond donors (Lipinski definition) is 2. The van der Waals surface area contributed by atoms with E-state index in [9.17, 15) is 4.79 Å². The zero-order chi connectivity index (χ0) is 16.7. The molecule has 3 N–H and O–H groups in total. The highest BCUT2D eigenvalue weighted by Gasteiger charge is 2.03. The molecule has 0 aromatic heterocycles. The van der Waals surface area contributed by atoms with Crippen LogP contribution in [-0.2, 0) is 11.3 Å². The van der Waals surface area contributed by atoms with Gasteiger partial charge in [-0.15, -0.1) is 0 Å². The maximum absolute atomic E-state index is 11.9. The third-order valence-electron chi connectivity index (χ3n) is 3.77. The average molecular weight is 312 g/mol. The monoisotopic (exact) mass is 312 g/mol. The van der Waals surface area contributed by atoms with Crippen molar-refractivity contribution in [2.75, 3.05) is 11.9 Å². The maximum Gasteiger partial charge on any atom is 0.224 e. The molecule has 4 nitrogen and oxygen atoms in total. The smallest absolute Gasteiger partial charge is 0.224 e. The van der Waals surface area contributed by atoms with E-state index in [2.05, 4.69) is 19.2 Å². The van der Waals surface area contributed by atoms with Gasteiger partial charge in [0.15, 0.2) is 0 Å². The molecule has 0 heterocycles. The molecule has 0 saturated carbocycles. The molecule has 2 rings (SSSR count). The first-order valence-electron chi connectivity index (χ1n) is 7.87. The molecule has 1 amide bonds. The second-order valence-corrected chi connectivity index (χ2v) is 5.65. The van der Waals surface area contributed by atoms with Crippen LogP contribution < -0.4 is 15.8 Å². The van der Waals surface area contributed by atoms with Crippen molar-refractivity contribution in [1.29, 1.82) is 0 Å². The zero-order valence-electron chi connectivity index (χ0n) is 13.8. The molecule has 23 heavy (non-hydrogen) atoms. The number of amides is 1. The van der Waals surface area contributed by atoms with Gasteiger partial charge in [-0.25, -0.2) is 0 Å². The van der Waals surface area contributed by atoms with E-state index in [4.69, 9.17) is 10.5 Å². The van der Waals surface area contributed by atoms with Gasteiger partial charge in [-0.05, 0) is 61.2 Å². The number of ether oxygens (including phenoxy) is 1. The summed E-state index contributed by atoms with van der Waals surface area (Å²) in [6.07, 6.45) is 1.11. The second-order valence-electron chi connectivity index (χ2n) is 5.65. The number of carbonyl (C=O) groups is 1. The van der Waals surface area contributed by atoms with E-state index in [1.807, 2.05) is 42.5 Å². The summed E-state index contributed by atoms with van der Waals surface area (Å²) in [6.45, 7) is 5.17. The molecule has 0 atom stereocenters.